The average molecular weight is 274 g/mol. The molecule has 0 aliphatic rings. The third-order valence-corrected chi connectivity index (χ3v) is 2.65. The summed E-state index contributed by atoms with van der Waals surface area (Å²) in [6, 6.07) is 13.1. The number of halogens is 1. The lowest BCUT2D eigenvalue weighted by atomic mass is 10.3. The van der Waals surface area contributed by atoms with Crippen LogP contribution in [0.3, 0.4) is 0 Å². The van der Waals surface area contributed by atoms with Gasteiger partial charge in [-0.3, -0.25) is 9.79 Å². The number of rotatable bonds is 3. The predicted molar refractivity (Wildman–Crippen MR) is 74.1 cm³/mol. The van der Waals surface area contributed by atoms with Crippen molar-refractivity contribution in [1.29, 1.82) is 0 Å². The van der Waals surface area contributed by atoms with Crippen molar-refractivity contribution in [2.45, 2.75) is 0 Å². The van der Waals surface area contributed by atoms with Crippen molar-refractivity contribution in [2.24, 2.45) is 4.99 Å². The highest BCUT2D eigenvalue weighted by Crippen LogP contribution is 2.22. The molecule has 96 valence electrons. The number of hydrogen-bond acceptors (Lipinski definition) is 3. The first-order chi connectivity index (χ1) is 9.16. The van der Waals surface area contributed by atoms with Crippen LogP contribution in [-0.4, -0.2) is 12.1 Å². The Labute approximate surface area is 115 Å². The Morgan fingerprint density at radius 3 is 2.58 bits per heavy atom. The first-order valence-corrected chi connectivity index (χ1v) is 5.90. The van der Waals surface area contributed by atoms with Gasteiger partial charge >= 0.3 is 0 Å². The molecule has 0 radical (unpaired) electrons. The monoisotopic (exact) mass is 273 g/mol. The number of nitrogens with zero attached hydrogens (tertiary/aromatic N) is 1. The number of anilines is 1. The Morgan fingerprint density at radius 1 is 1.16 bits per heavy atom. The molecule has 5 heteroatoms. The number of hydrogen-bond donors (Lipinski definition) is 1. The van der Waals surface area contributed by atoms with Crippen molar-refractivity contribution in [3.8, 4) is 5.75 Å². The molecule has 2 aromatic rings. The minimum absolute atomic E-state index is 0.219. The lowest BCUT2D eigenvalue weighted by Gasteiger charge is -2.07. The number of amides is 1. The number of para-hydroxylation sites is 3. The van der Waals surface area contributed by atoms with E-state index in [9.17, 15) is 9.90 Å². The van der Waals surface area contributed by atoms with Crippen LogP contribution in [-0.2, 0) is 4.79 Å². The standard InChI is InChI=1S/C14H11ClN2O2/c15-10-5-1-2-6-11(10)17-14(19)9-16-12-7-3-4-8-13(12)18/h1-9,18H,(H,17,19)/p-1. The summed E-state index contributed by atoms with van der Waals surface area (Å²) in [5.41, 5.74) is 0.716. The van der Waals surface area contributed by atoms with E-state index < -0.39 is 5.91 Å². The van der Waals surface area contributed by atoms with E-state index in [4.69, 9.17) is 11.6 Å². The fourth-order valence-electron chi connectivity index (χ4n) is 1.42. The molecule has 4 nitrogen and oxygen atoms in total. The third-order valence-electron chi connectivity index (χ3n) is 2.32. The first kappa shape index (κ1) is 13.1. The molecule has 0 saturated heterocycles. The van der Waals surface area contributed by atoms with E-state index in [1.54, 1.807) is 42.5 Å². The van der Waals surface area contributed by atoms with E-state index in [1.165, 1.54) is 6.07 Å². The van der Waals surface area contributed by atoms with Gasteiger partial charge in [0.15, 0.2) is 0 Å². The van der Waals surface area contributed by atoms with Crippen LogP contribution in [0, 0.1) is 0 Å². The summed E-state index contributed by atoms with van der Waals surface area (Å²) in [7, 11) is 0. The van der Waals surface area contributed by atoms with Gasteiger partial charge in [-0.25, -0.2) is 0 Å². The molecule has 0 saturated carbocycles. The van der Waals surface area contributed by atoms with Gasteiger partial charge in [-0.2, -0.15) is 0 Å². The summed E-state index contributed by atoms with van der Waals surface area (Å²) in [6.07, 6.45) is 1.06. The van der Waals surface area contributed by atoms with E-state index in [2.05, 4.69) is 10.3 Å². The fraction of sp³-hybridized carbons (Fsp3) is 0. The molecule has 0 bridgehead atoms. The largest absolute Gasteiger partial charge is 0.871 e. The molecule has 0 atom stereocenters. The number of nitrogens with one attached hydrogen (secondary N) is 1. The summed E-state index contributed by atoms with van der Waals surface area (Å²) in [4.78, 5) is 15.5. The Hall–Kier alpha value is -2.33. The topological polar surface area (TPSA) is 64.5 Å². The van der Waals surface area contributed by atoms with E-state index in [0.29, 0.717) is 10.7 Å². The van der Waals surface area contributed by atoms with E-state index in [1.807, 2.05) is 0 Å². The summed E-state index contributed by atoms with van der Waals surface area (Å²) >= 11 is 5.90. The van der Waals surface area contributed by atoms with Crippen molar-refractivity contribution < 1.29 is 9.90 Å². The molecule has 0 spiro atoms. The Kier molecular flexibility index (Phi) is 4.15. The summed E-state index contributed by atoms with van der Waals surface area (Å²) in [5, 5.41) is 14.4. The molecular weight excluding hydrogens is 264 g/mol. The molecule has 0 aliphatic carbocycles. The van der Waals surface area contributed by atoms with E-state index in [0.717, 1.165) is 6.21 Å². The first-order valence-electron chi connectivity index (χ1n) is 5.52. The van der Waals surface area contributed by atoms with Crippen LogP contribution >= 0.6 is 11.6 Å². The highest BCUT2D eigenvalue weighted by atomic mass is 35.5. The Morgan fingerprint density at radius 2 is 1.84 bits per heavy atom. The van der Waals surface area contributed by atoms with Gasteiger partial charge in [0, 0.05) is 0 Å². The number of benzene rings is 2. The van der Waals surface area contributed by atoms with Crippen LogP contribution < -0.4 is 10.4 Å². The zero-order chi connectivity index (χ0) is 13.7. The molecule has 0 aromatic heterocycles. The minimum atomic E-state index is -0.448. The van der Waals surface area contributed by atoms with E-state index in [-0.39, 0.29) is 11.4 Å². The van der Waals surface area contributed by atoms with Gasteiger partial charge < -0.3 is 10.4 Å². The van der Waals surface area contributed by atoms with Crippen LogP contribution in [0.2, 0.25) is 5.02 Å². The Bertz CT molecular complexity index is 626. The third kappa shape index (κ3) is 3.56. The second kappa shape index (κ2) is 6.02. The summed E-state index contributed by atoms with van der Waals surface area (Å²) in [5.74, 6) is -0.680. The van der Waals surface area contributed by atoms with Crippen LogP contribution in [0.15, 0.2) is 53.5 Å². The molecule has 0 aliphatic heterocycles. The van der Waals surface area contributed by atoms with Crippen molar-refractivity contribution in [2.75, 3.05) is 5.32 Å². The van der Waals surface area contributed by atoms with Crippen molar-refractivity contribution in [3.05, 3.63) is 53.6 Å². The summed E-state index contributed by atoms with van der Waals surface area (Å²) < 4.78 is 0. The van der Waals surface area contributed by atoms with E-state index >= 15 is 0 Å². The molecule has 1 amide bonds. The SMILES string of the molecule is O=C(C=Nc1ccccc1[O-])Nc1ccccc1Cl. The van der Waals surface area contributed by atoms with Crippen LogP contribution in [0.4, 0.5) is 11.4 Å². The second-order valence-corrected chi connectivity index (χ2v) is 4.10. The lowest BCUT2D eigenvalue weighted by molar-refractivity contribution is -0.267. The molecule has 19 heavy (non-hydrogen) atoms. The molecule has 0 fully saturated rings. The number of carbonyl (C=O) groups excluding carboxylic acids is 1. The normalized spacial score (nSPS) is 10.6. The predicted octanol–water partition coefficient (Wildman–Crippen LogP) is 2.75. The quantitative estimate of drug-likeness (QED) is 0.874. The zero-order valence-electron chi connectivity index (χ0n) is 9.84. The molecule has 0 heterocycles. The van der Waals surface area contributed by atoms with Crippen molar-refractivity contribution in [1.82, 2.24) is 0 Å². The Balaban J connectivity index is 2.06. The van der Waals surface area contributed by atoms with Gasteiger partial charge in [0.25, 0.3) is 5.91 Å². The van der Waals surface area contributed by atoms with Crippen LogP contribution in [0.25, 0.3) is 0 Å². The minimum Gasteiger partial charge on any atom is -0.871 e. The highest BCUT2D eigenvalue weighted by Gasteiger charge is 2.02. The zero-order valence-corrected chi connectivity index (χ0v) is 10.6. The number of aliphatic imine (C=N–C) groups is 1. The lowest BCUT2D eigenvalue weighted by Crippen LogP contribution is -2.12. The van der Waals surface area contributed by atoms with Crippen molar-refractivity contribution >= 4 is 35.1 Å². The molecule has 2 aromatic carbocycles. The molecule has 1 N–H and O–H groups in total. The van der Waals surface area contributed by atoms with Gasteiger partial charge in [-0.05, 0) is 18.2 Å². The van der Waals surface area contributed by atoms with Gasteiger partial charge in [0.1, 0.15) is 0 Å². The van der Waals surface area contributed by atoms with Gasteiger partial charge in [0.2, 0.25) is 0 Å². The molecule has 2 rings (SSSR count). The van der Waals surface area contributed by atoms with Gasteiger partial charge in [0.05, 0.1) is 22.6 Å². The molecular formula is C14H10ClN2O2-. The number of carbonyl (C=O) groups is 1. The summed E-state index contributed by atoms with van der Waals surface area (Å²) in [6.45, 7) is 0. The highest BCUT2D eigenvalue weighted by molar-refractivity contribution is 6.37. The smallest absolute Gasteiger partial charge is 0.266 e. The van der Waals surface area contributed by atoms with Gasteiger partial charge in [-0.1, -0.05) is 47.7 Å². The fourth-order valence-corrected chi connectivity index (χ4v) is 1.60. The second-order valence-electron chi connectivity index (χ2n) is 3.70. The average Bonchev–Trinajstić information content (AvgIpc) is 2.40. The van der Waals surface area contributed by atoms with Gasteiger partial charge in [-0.15, -0.1) is 0 Å². The maximum Gasteiger partial charge on any atom is 0.266 e. The maximum absolute atomic E-state index is 11.6. The maximum atomic E-state index is 11.6. The van der Waals surface area contributed by atoms with Crippen LogP contribution in [0.5, 0.6) is 5.75 Å². The van der Waals surface area contributed by atoms with Crippen LogP contribution in [0.1, 0.15) is 0 Å². The van der Waals surface area contributed by atoms with Crippen molar-refractivity contribution in [3.63, 3.8) is 0 Å². The molecule has 0 unspecified atom stereocenters.